The van der Waals surface area contributed by atoms with Crippen molar-refractivity contribution < 1.29 is 9.47 Å². The number of halogens is 2. The van der Waals surface area contributed by atoms with Gasteiger partial charge in [-0.2, -0.15) is 0 Å². The van der Waals surface area contributed by atoms with Crippen LogP contribution in [0.15, 0.2) is 36.1 Å². The first-order valence-electron chi connectivity index (χ1n) is 9.55. The van der Waals surface area contributed by atoms with Gasteiger partial charge in [0, 0.05) is 27.1 Å². The van der Waals surface area contributed by atoms with Gasteiger partial charge in [0.25, 0.3) is 0 Å². The first-order valence-corrected chi connectivity index (χ1v) is 10.3. The van der Waals surface area contributed by atoms with Crippen LogP contribution in [0.1, 0.15) is 57.9 Å². The summed E-state index contributed by atoms with van der Waals surface area (Å²) < 4.78 is 12.0. The summed E-state index contributed by atoms with van der Waals surface area (Å²) in [6, 6.07) is 5.53. The molecule has 1 aliphatic rings. The third-order valence-electron chi connectivity index (χ3n) is 4.78. The molecule has 0 heterocycles. The molecule has 0 atom stereocenters. The lowest BCUT2D eigenvalue weighted by Gasteiger charge is -2.22. The van der Waals surface area contributed by atoms with Crippen LogP contribution in [-0.4, -0.2) is 19.8 Å². The summed E-state index contributed by atoms with van der Waals surface area (Å²) in [4.78, 5) is 0. The number of allylic oxidation sites excluding steroid dienone is 1. The number of hydrogen-bond acceptors (Lipinski definition) is 2. The van der Waals surface area contributed by atoms with E-state index >= 15 is 0 Å². The van der Waals surface area contributed by atoms with Gasteiger partial charge in [0.15, 0.2) is 0 Å². The molecule has 1 saturated carbocycles. The Hall–Kier alpha value is -0.960. The van der Waals surface area contributed by atoms with E-state index in [2.05, 4.69) is 20.4 Å². The van der Waals surface area contributed by atoms with Gasteiger partial charge in [0.05, 0.1) is 19.8 Å². The molecule has 0 N–H and O–H groups in total. The second-order valence-corrected chi connectivity index (χ2v) is 7.72. The second kappa shape index (κ2) is 10.4. The Kier molecular flexibility index (Phi) is 8.53. The van der Waals surface area contributed by atoms with Gasteiger partial charge in [-0.05, 0) is 43.4 Å². The Balaban J connectivity index is 2.31. The molecule has 2 rings (SSSR count). The smallest absolute Gasteiger partial charge is 0.105 e. The van der Waals surface area contributed by atoms with Gasteiger partial charge in [-0.3, -0.25) is 0 Å². The molecule has 1 fully saturated rings. The normalized spacial score (nSPS) is 15.2. The number of hydrogen-bond donors (Lipinski definition) is 0. The maximum atomic E-state index is 6.42. The second-order valence-electron chi connectivity index (χ2n) is 6.91. The van der Waals surface area contributed by atoms with Crippen molar-refractivity contribution in [1.29, 1.82) is 0 Å². The molecule has 2 nitrogen and oxygen atoms in total. The molecule has 1 aromatic rings. The molecule has 0 unspecified atom stereocenters. The van der Waals surface area contributed by atoms with Crippen molar-refractivity contribution in [2.45, 2.75) is 58.5 Å². The van der Waals surface area contributed by atoms with Crippen LogP contribution in [0.4, 0.5) is 0 Å². The van der Waals surface area contributed by atoms with Gasteiger partial charge in [0.2, 0.25) is 0 Å². The van der Waals surface area contributed by atoms with Crippen molar-refractivity contribution in [3.8, 4) is 0 Å². The molecule has 0 aromatic heterocycles. The molecule has 0 radical (unpaired) electrons. The first-order chi connectivity index (χ1) is 12.5. The number of rotatable bonds is 11. The predicted molar refractivity (Wildman–Crippen MR) is 112 cm³/mol. The minimum Gasteiger partial charge on any atom is -0.500 e. The summed E-state index contributed by atoms with van der Waals surface area (Å²) in [7, 11) is 1.73. The summed E-state index contributed by atoms with van der Waals surface area (Å²) in [5.41, 5.74) is 2.56. The fourth-order valence-electron chi connectivity index (χ4n) is 3.28. The Morgan fingerprint density at radius 2 is 1.73 bits per heavy atom. The van der Waals surface area contributed by atoms with E-state index in [0.717, 1.165) is 61.0 Å². The number of methoxy groups -OCH3 is 1. The third-order valence-corrected chi connectivity index (χ3v) is 5.41. The van der Waals surface area contributed by atoms with Crippen molar-refractivity contribution in [1.82, 2.24) is 0 Å². The highest BCUT2D eigenvalue weighted by atomic mass is 35.5. The summed E-state index contributed by atoms with van der Waals surface area (Å²) in [6.45, 7) is 9.17. The SMILES string of the molecule is C=C(/C(COC(CCC)CCC)=C(\OC)C1CC1)c1c(Cl)cccc1Cl. The fourth-order valence-corrected chi connectivity index (χ4v) is 3.91. The van der Waals surface area contributed by atoms with Crippen LogP contribution in [-0.2, 0) is 9.47 Å². The maximum absolute atomic E-state index is 6.42. The van der Waals surface area contributed by atoms with Crippen LogP contribution in [0.25, 0.3) is 5.57 Å². The van der Waals surface area contributed by atoms with Crippen LogP contribution in [0.2, 0.25) is 10.0 Å². The van der Waals surface area contributed by atoms with Crippen LogP contribution >= 0.6 is 23.2 Å². The molecule has 0 saturated heterocycles. The van der Waals surface area contributed by atoms with Crippen molar-refractivity contribution in [2.75, 3.05) is 13.7 Å². The maximum Gasteiger partial charge on any atom is 0.105 e. The lowest BCUT2D eigenvalue weighted by molar-refractivity contribution is 0.0554. The van der Waals surface area contributed by atoms with Crippen molar-refractivity contribution in [3.05, 3.63) is 51.7 Å². The van der Waals surface area contributed by atoms with Crippen LogP contribution in [0.3, 0.4) is 0 Å². The Bertz CT molecular complexity index is 621. The molecule has 0 spiro atoms. The lowest BCUT2D eigenvalue weighted by atomic mass is 9.97. The predicted octanol–water partition coefficient (Wildman–Crippen LogP) is 7.30. The molecule has 0 bridgehead atoms. The summed E-state index contributed by atoms with van der Waals surface area (Å²) in [5, 5.41) is 1.20. The summed E-state index contributed by atoms with van der Waals surface area (Å²) in [5.74, 6) is 1.42. The summed E-state index contributed by atoms with van der Waals surface area (Å²) >= 11 is 12.8. The van der Waals surface area contributed by atoms with E-state index in [-0.39, 0.29) is 6.10 Å². The average Bonchev–Trinajstić information content (AvgIpc) is 3.43. The van der Waals surface area contributed by atoms with E-state index < -0.39 is 0 Å². The summed E-state index contributed by atoms with van der Waals surface area (Å²) in [6.07, 6.45) is 6.89. The monoisotopic (exact) mass is 396 g/mol. The first kappa shape index (κ1) is 21.3. The van der Waals surface area contributed by atoms with Gasteiger partial charge >= 0.3 is 0 Å². The van der Waals surface area contributed by atoms with E-state index in [4.69, 9.17) is 32.7 Å². The lowest BCUT2D eigenvalue weighted by Crippen LogP contribution is -2.16. The number of benzene rings is 1. The highest BCUT2D eigenvalue weighted by molar-refractivity contribution is 6.37. The molecule has 4 heteroatoms. The highest BCUT2D eigenvalue weighted by Crippen LogP contribution is 2.43. The molecule has 0 aliphatic heterocycles. The van der Waals surface area contributed by atoms with E-state index in [9.17, 15) is 0 Å². The zero-order valence-electron chi connectivity index (χ0n) is 16.1. The quantitative estimate of drug-likeness (QED) is 0.288. The van der Waals surface area contributed by atoms with Crippen LogP contribution < -0.4 is 0 Å². The van der Waals surface area contributed by atoms with Gasteiger partial charge in [0.1, 0.15) is 5.76 Å². The van der Waals surface area contributed by atoms with E-state index in [1.165, 1.54) is 0 Å². The Morgan fingerprint density at radius 1 is 1.15 bits per heavy atom. The molecule has 1 aliphatic carbocycles. The van der Waals surface area contributed by atoms with E-state index in [0.29, 0.717) is 22.6 Å². The van der Waals surface area contributed by atoms with Gasteiger partial charge in [-0.25, -0.2) is 0 Å². The standard InChI is InChI=1S/C22H30Cl2O2/c1-5-8-17(9-6-2)26-14-18(22(25-4)16-12-13-16)15(3)21-19(23)10-7-11-20(21)24/h7,10-11,16-17H,3,5-6,8-9,12-14H2,1-2,4H3/b22-18-. The van der Waals surface area contributed by atoms with Gasteiger partial charge in [-0.15, -0.1) is 0 Å². The van der Waals surface area contributed by atoms with Crippen LogP contribution in [0.5, 0.6) is 0 Å². The van der Waals surface area contributed by atoms with Crippen molar-refractivity contribution in [3.63, 3.8) is 0 Å². The fraction of sp³-hybridized carbons (Fsp3) is 0.545. The largest absolute Gasteiger partial charge is 0.500 e. The van der Waals surface area contributed by atoms with E-state index in [1.807, 2.05) is 18.2 Å². The topological polar surface area (TPSA) is 18.5 Å². The molecular formula is C22H30Cl2O2. The van der Waals surface area contributed by atoms with Crippen LogP contribution in [0, 0.1) is 5.92 Å². The minimum absolute atomic E-state index is 0.256. The third kappa shape index (κ3) is 5.52. The highest BCUT2D eigenvalue weighted by Gasteiger charge is 2.31. The van der Waals surface area contributed by atoms with E-state index in [1.54, 1.807) is 7.11 Å². The Morgan fingerprint density at radius 3 is 2.19 bits per heavy atom. The molecule has 1 aromatic carbocycles. The van der Waals surface area contributed by atoms with Gasteiger partial charge in [-0.1, -0.05) is 62.5 Å². The Labute approximate surface area is 168 Å². The molecule has 144 valence electrons. The zero-order valence-corrected chi connectivity index (χ0v) is 17.6. The van der Waals surface area contributed by atoms with Crippen molar-refractivity contribution in [2.24, 2.45) is 5.92 Å². The number of ether oxygens (including phenoxy) is 2. The molecule has 26 heavy (non-hydrogen) atoms. The molecular weight excluding hydrogens is 367 g/mol. The zero-order chi connectivity index (χ0) is 19.1. The average molecular weight is 397 g/mol. The van der Waals surface area contributed by atoms with Gasteiger partial charge < -0.3 is 9.47 Å². The molecule has 0 amide bonds. The minimum atomic E-state index is 0.256. The van der Waals surface area contributed by atoms with Crippen molar-refractivity contribution >= 4 is 28.8 Å².